The van der Waals surface area contributed by atoms with Gasteiger partial charge in [-0.05, 0) is 6.92 Å². The molecule has 0 saturated heterocycles. The van der Waals surface area contributed by atoms with Gasteiger partial charge in [-0.25, -0.2) is 0 Å². The highest BCUT2D eigenvalue weighted by Gasteiger charge is 2.02. The molecule has 5 heteroatoms. The van der Waals surface area contributed by atoms with E-state index in [2.05, 4.69) is 15.4 Å². The van der Waals surface area contributed by atoms with Gasteiger partial charge in [0.2, 0.25) is 5.90 Å². The van der Waals surface area contributed by atoms with Gasteiger partial charge in [-0.3, -0.25) is 5.41 Å². The van der Waals surface area contributed by atoms with Crippen molar-refractivity contribution in [2.24, 2.45) is 0 Å². The molecule has 0 aromatic carbocycles. The van der Waals surface area contributed by atoms with E-state index in [1.807, 2.05) is 6.92 Å². The van der Waals surface area contributed by atoms with Crippen molar-refractivity contribution in [1.82, 2.24) is 15.4 Å². The molecule has 0 spiro atoms. The van der Waals surface area contributed by atoms with Crippen molar-refractivity contribution in [3.8, 4) is 0 Å². The molecule has 1 rings (SSSR count). The van der Waals surface area contributed by atoms with E-state index in [1.165, 1.54) is 6.20 Å². The molecule has 1 aromatic rings. The van der Waals surface area contributed by atoms with Crippen molar-refractivity contribution in [2.75, 3.05) is 6.61 Å². The summed E-state index contributed by atoms with van der Waals surface area (Å²) in [5.74, 6) is 0.0521. The quantitative estimate of drug-likeness (QED) is 0.454. The first-order chi connectivity index (χ1) is 4.84. The highest BCUT2D eigenvalue weighted by molar-refractivity contribution is 5.88. The number of hydrogen-bond donors (Lipinski definition) is 2. The Hall–Kier alpha value is -1.39. The van der Waals surface area contributed by atoms with Crippen molar-refractivity contribution in [3.05, 3.63) is 11.9 Å². The first-order valence-corrected chi connectivity index (χ1v) is 2.92. The van der Waals surface area contributed by atoms with E-state index in [9.17, 15) is 0 Å². The second-order valence-corrected chi connectivity index (χ2v) is 1.62. The molecule has 0 fully saturated rings. The first-order valence-electron chi connectivity index (χ1n) is 2.92. The molecule has 54 valence electrons. The van der Waals surface area contributed by atoms with Crippen LogP contribution in [0.1, 0.15) is 12.6 Å². The minimum absolute atomic E-state index is 0.0521. The van der Waals surface area contributed by atoms with Gasteiger partial charge in [0, 0.05) is 0 Å². The lowest BCUT2D eigenvalue weighted by Gasteiger charge is -1.97. The predicted molar refractivity (Wildman–Crippen MR) is 34.8 cm³/mol. The fourth-order valence-corrected chi connectivity index (χ4v) is 0.529. The zero-order valence-corrected chi connectivity index (χ0v) is 5.59. The SMILES string of the molecule is CCOC(=N)c1cn[nH]n1. The van der Waals surface area contributed by atoms with Gasteiger partial charge in [0.05, 0.1) is 12.8 Å². The number of aromatic nitrogens is 3. The molecule has 0 aliphatic heterocycles. The maximum absolute atomic E-state index is 7.20. The Morgan fingerprint density at radius 3 is 3.20 bits per heavy atom. The summed E-state index contributed by atoms with van der Waals surface area (Å²) in [6.07, 6.45) is 1.44. The molecular weight excluding hydrogens is 132 g/mol. The number of aromatic amines is 1. The average molecular weight is 140 g/mol. The predicted octanol–water partition coefficient (Wildman–Crippen LogP) is 0.167. The summed E-state index contributed by atoms with van der Waals surface area (Å²) < 4.78 is 4.85. The van der Waals surface area contributed by atoms with Crippen LogP contribution >= 0.6 is 0 Å². The van der Waals surface area contributed by atoms with E-state index in [4.69, 9.17) is 10.1 Å². The molecule has 5 nitrogen and oxygen atoms in total. The van der Waals surface area contributed by atoms with E-state index >= 15 is 0 Å². The maximum Gasteiger partial charge on any atom is 0.236 e. The van der Waals surface area contributed by atoms with Gasteiger partial charge < -0.3 is 4.74 Å². The van der Waals surface area contributed by atoms with Crippen LogP contribution in [0.2, 0.25) is 0 Å². The number of ether oxygens (including phenoxy) is 1. The molecule has 0 saturated carbocycles. The third-order valence-corrected chi connectivity index (χ3v) is 0.936. The third kappa shape index (κ3) is 1.31. The van der Waals surface area contributed by atoms with E-state index in [0.717, 1.165) is 0 Å². The number of H-pyrrole nitrogens is 1. The average Bonchev–Trinajstić information content (AvgIpc) is 2.38. The van der Waals surface area contributed by atoms with Crippen LogP contribution in [0.5, 0.6) is 0 Å². The highest BCUT2D eigenvalue weighted by atomic mass is 16.5. The molecule has 1 heterocycles. The van der Waals surface area contributed by atoms with Gasteiger partial charge in [-0.1, -0.05) is 0 Å². The van der Waals surface area contributed by atoms with Crippen LogP contribution in [0.15, 0.2) is 6.20 Å². The summed E-state index contributed by atoms with van der Waals surface area (Å²) in [7, 11) is 0. The number of hydrogen-bond acceptors (Lipinski definition) is 4. The van der Waals surface area contributed by atoms with Gasteiger partial charge >= 0.3 is 0 Å². The van der Waals surface area contributed by atoms with Gasteiger partial charge in [-0.15, -0.1) is 0 Å². The largest absolute Gasteiger partial charge is 0.477 e. The fourth-order valence-electron chi connectivity index (χ4n) is 0.529. The smallest absolute Gasteiger partial charge is 0.236 e. The van der Waals surface area contributed by atoms with Crippen LogP contribution in [0.4, 0.5) is 0 Å². The van der Waals surface area contributed by atoms with Crippen LogP contribution in [-0.4, -0.2) is 27.9 Å². The van der Waals surface area contributed by atoms with Crippen molar-refractivity contribution < 1.29 is 4.74 Å². The Kier molecular flexibility index (Phi) is 1.99. The second kappa shape index (κ2) is 2.95. The van der Waals surface area contributed by atoms with Crippen LogP contribution in [0.25, 0.3) is 0 Å². The second-order valence-electron chi connectivity index (χ2n) is 1.62. The fraction of sp³-hybridized carbons (Fsp3) is 0.400. The lowest BCUT2D eigenvalue weighted by molar-refractivity contribution is 0.324. The zero-order valence-electron chi connectivity index (χ0n) is 5.59. The third-order valence-electron chi connectivity index (χ3n) is 0.936. The van der Waals surface area contributed by atoms with Crippen molar-refractivity contribution in [1.29, 1.82) is 5.41 Å². The normalized spacial score (nSPS) is 9.30. The number of rotatable bonds is 2. The molecule has 0 unspecified atom stereocenters. The van der Waals surface area contributed by atoms with Crippen LogP contribution in [0, 0.1) is 5.41 Å². The van der Waals surface area contributed by atoms with E-state index in [-0.39, 0.29) is 5.90 Å². The maximum atomic E-state index is 7.20. The Balaban J connectivity index is 2.59. The monoisotopic (exact) mass is 140 g/mol. The Bertz CT molecular complexity index is 205. The van der Waals surface area contributed by atoms with Gasteiger partial charge in [0.15, 0.2) is 5.69 Å². The zero-order chi connectivity index (χ0) is 7.40. The standard InChI is InChI=1S/C5H8N4O/c1-2-10-5(6)4-3-7-9-8-4/h3,6H,2H2,1H3,(H,7,8,9). The molecule has 0 bridgehead atoms. The Morgan fingerprint density at radius 1 is 1.90 bits per heavy atom. The van der Waals surface area contributed by atoms with Crippen LogP contribution in [-0.2, 0) is 4.74 Å². The van der Waals surface area contributed by atoms with Crippen molar-refractivity contribution in [3.63, 3.8) is 0 Å². The summed E-state index contributed by atoms with van der Waals surface area (Å²) in [5.41, 5.74) is 0.432. The summed E-state index contributed by atoms with van der Waals surface area (Å²) >= 11 is 0. The van der Waals surface area contributed by atoms with E-state index in [1.54, 1.807) is 0 Å². The summed E-state index contributed by atoms with van der Waals surface area (Å²) in [6.45, 7) is 2.29. The molecule has 1 aromatic heterocycles. The van der Waals surface area contributed by atoms with Crippen LogP contribution in [0.3, 0.4) is 0 Å². The minimum atomic E-state index is 0.0521. The minimum Gasteiger partial charge on any atom is -0.477 e. The van der Waals surface area contributed by atoms with Gasteiger partial charge in [0.1, 0.15) is 0 Å². The summed E-state index contributed by atoms with van der Waals surface area (Å²) in [6, 6.07) is 0. The number of nitrogens with zero attached hydrogens (tertiary/aromatic N) is 2. The molecule has 0 radical (unpaired) electrons. The summed E-state index contributed by atoms with van der Waals surface area (Å²) in [4.78, 5) is 0. The lowest BCUT2D eigenvalue weighted by atomic mass is 10.5. The van der Waals surface area contributed by atoms with Gasteiger partial charge in [-0.2, -0.15) is 15.4 Å². The van der Waals surface area contributed by atoms with Gasteiger partial charge in [0.25, 0.3) is 0 Å². The van der Waals surface area contributed by atoms with Crippen molar-refractivity contribution >= 4 is 5.90 Å². The highest BCUT2D eigenvalue weighted by Crippen LogP contribution is 1.91. The van der Waals surface area contributed by atoms with Crippen LogP contribution < -0.4 is 0 Å². The van der Waals surface area contributed by atoms with Crippen molar-refractivity contribution in [2.45, 2.75) is 6.92 Å². The molecule has 0 amide bonds. The number of nitrogens with one attached hydrogen (secondary N) is 2. The molecular formula is C5H8N4O. The Labute approximate surface area is 57.9 Å². The first kappa shape index (κ1) is 6.73. The Morgan fingerprint density at radius 2 is 2.70 bits per heavy atom. The van der Waals surface area contributed by atoms with E-state index in [0.29, 0.717) is 12.3 Å². The summed E-state index contributed by atoms with van der Waals surface area (Å²) in [5, 5.41) is 16.8. The molecule has 2 N–H and O–H groups in total. The van der Waals surface area contributed by atoms with E-state index < -0.39 is 0 Å². The molecule has 0 atom stereocenters. The molecule has 0 aliphatic carbocycles. The molecule has 0 aliphatic rings. The lowest BCUT2D eigenvalue weighted by Crippen LogP contribution is -2.04. The topological polar surface area (TPSA) is 74.7 Å². The molecule has 10 heavy (non-hydrogen) atoms.